The van der Waals surface area contributed by atoms with Crippen LogP contribution in [0.4, 0.5) is 0 Å². The average Bonchev–Trinajstić information content (AvgIpc) is 2.59. The van der Waals surface area contributed by atoms with Crippen molar-refractivity contribution in [1.82, 2.24) is 4.90 Å². The third-order valence-electron chi connectivity index (χ3n) is 4.53. The number of aliphatic hydroxyl groups is 1. The summed E-state index contributed by atoms with van der Waals surface area (Å²) in [6.45, 7) is 3.34. The summed E-state index contributed by atoms with van der Waals surface area (Å²) in [7, 11) is 0. The highest BCUT2D eigenvalue weighted by molar-refractivity contribution is 6.37. The molecule has 5 nitrogen and oxygen atoms in total. The minimum atomic E-state index is -0.348. The van der Waals surface area contributed by atoms with Gasteiger partial charge in [0.1, 0.15) is 11.3 Å². The molecule has 0 radical (unpaired) electrons. The Balaban J connectivity index is 1.98. The first kappa shape index (κ1) is 18.4. The second-order valence-electron chi connectivity index (χ2n) is 6.20. The second-order valence-corrected chi connectivity index (χ2v) is 6.98. The molecule has 25 heavy (non-hydrogen) atoms. The molecule has 2 fully saturated rings. The molecular weight excluding hydrogens is 365 g/mol. The number of hydrogen-bond acceptors (Lipinski definition) is 5. The minimum absolute atomic E-state index is 0.146. The molecule has 1 aliphatic heterocycles. The van der Waals surface area contributed by atoms with E-state index in [0.717, 1.165) is 13.1 Å². The van der Waals surface area contributed by atoms with Crippen molar-refractivity contribution in [2.45, 2.75) is 25.8 Å². The largest absolute Gasteiger partial charge is 0.506 e. The van der Waals surface area contributed by atoms with Crippen LogP contribution in [-0.4, -0.2) is 47.9 Å². The SMILES string of the molecule is O=C1CCCC(=O)C1=C(O)c1ccc(Cl)c(CN2CCOCC2)c1Cl. The first-order valence-corrected chi connectivity index (χ1v) is 9.01. The van der Waals surface area contributed by atoms with Gasteiger partial charge in [0.05, 0.1) is 18.2 Å². The number of aliphatic hydroxyl groups excluding tert-OH is 1. The van der Waals surface area contributed by atoms with E-state index in [2.05, 4.69) is 4.90 Å². The highest BCUT2D eigenvalue weighted by Gasteiger charge is 2.29. The predicted octanol–water partition coefficient (Wildman–Crippen LogP) is 3.42. The molecule has 1 aliphatic carbocycles. The summed E-state index contributed by atoms with van der Waals surface area (Å²) in [6.07, 6.45) is 1.04. The zero-order chi connectivity index (χ0) is 18.0. The monoisotopic (exact) mass is 383 g/mol. The van der Waals surface area contributed by atoms with Gasteiger partial charge in [-0.2, -0.15) is 0 Å². The molecule has 2 aliphatic rings. The summed E-state index contributed by atoms with van der Waals surface area (Å²) in [4.78, 5) is 26.3. The summed E-state index contributed by atoms with van der Waals surface area (Å²) in [5, 5.41) is 11.3. The molecule has 134 valence electrons. The van der Waals surface area contributed by atoms with Gasteiger partial charge in [-0.3, -0.25) is 14.5 Å². The number of benzene rings is 1. The van der Waals surface area contributed by atoms with E-state index in [4.69, 9.17) is 27.9 Å². The Morgan fingerprint density at radius 2 is 1.76 bits per heavy atom. The minimum Gasteiger partial charge on any atom is -0.506 e. The Morgan fingerprint density at radius 3 is 2.40 bits per heavy atom. The van der Waals surface area contributed by atoms with Crippen molar-refractivity contribution in [3.05, 3.63) is 38.9 Å². The first-order chi connectivity index (χ1) is 12.0. The van der Waals surface area contributed by atoms with E-state index in [1.54, 1.807) is 12.1 Å². The first-order valence-electron chi connectivity index (χ1n) is 8.26. The van der Waals surface area contributed by atoms with Gasteiger partial charge >= 0.3 is 0 Å². The van der Waals surface area contributed by atoms with Gasteiger partial charge in [0.25, 0.3) is 0 Å². The Hall–Kier alpha value is -1.40. The molecule has 0 unspecified atom stereocenters. The van der Waals surface area contributed by atoms with Crippen LogP contribution < -0.4 is 0 Å². The van der Waals surface area contributed by atoms with Crippen molar-refractivity contribution >= 4 is 40.5 Å². The fourth-order valence-electron chi connectivity index (χ4n) is 3.12. The summed E-state index contributed by atoms with van der Waals surface area (Å²) >= 11 is 12.8. The zero-order valence-corrected chi connectivity index (χ0v) is 15.2. The molecular formula is C18H19Cl2NO4. The topological polar surface area (TPSA) is 66.8 Å². The van der Waals surface area contributed by atoms with Crippen LogP contribution in [0.1, 0.15) is 30.4 Å². The zero-order valence-electron chi connectivity index (χ0n) is 13.7. The van der Waals surface area contributed by atoms with Gasteiger partial charge in [0.15, 0.2) is 11.6 Å². The molecule has 0 spiro atoms. The van der Waals surface area contributed by atoms with E-state index in [-0.39, 0.29) is 46.3 Å². The normalized spacial score (nSPS) is 19.4. The molecule has 0 amide bonds. The van der Waals surface area contributed by atoms with Crippen molar-refractivity contribution in [3.63, 3.8) is 0 Å². The van der Waals surface area contributed by atoms with Crippen LogP contribution in [0.5, 0.6) is 0 Å². The van der Waals surface area contributed by atoms with Crippen molar-refractivity contribution in [3.8, 4) is 0 Å². The number of rotatable bonds is 3. The van der Waals surface area contributed by atoms with Crippen molar-refractivity contribution < 1.29 is 19.4 Å². The smallest absolute Gasteiger partial charge is 0.170 e. The van der Waals surface area contributed by atoms with Crippen LogP contribution >= 0.6 is 23.2 Å². The number of hydrogen-bond donors (Lipinski definition) is 1. The number of ether oxygens (including phenoxy) is 1. The Morgan fingerprint density at radius 1 is 1.12 bits per heavy atom. The van der Waals surface area contributed by atoms with E-state index < -0.39 is 0 Å². The van der Waals surface area contributed by atoms with Gasteiger partial charge < -0.3 is 9.84 Å². The molecule has 1 aromatic rings. The molecule has 1 saturated carbocycles. The van der Waals surface area contributed by atoms with Crippen molar-refractivity contribution in [2.24, 2.45) is 0 Å². The lowest BCUT2D eigenvalue weighted by atomic mass is 9.89. The van der Waals surface area contributed by atoms with Gasteiger partial charge in [-0.05, 0) is 18.6 Å². The summed E-state index contributed by atoms with van der Waals surface area (Å²) in [6, 6.07) is 3.18. The number of Topliss-reactive ketones (excluding diaryl/α,β-unsaturated/α-hetero) is 2. The Labute approximate surface area is 156 Å². The molecule has 3 rings (SSSR count). The standard InChI is InChI=1S/C18H19Cl2NO4/c19-13-5-4-11(18(24)16-14(22)2-1-3-15(16)23)17(20)12(13)10-21-6-8-25-9-7-21/h4-5,24H,1-3,6-10H2. The fourth-order valence-corrected chi connectivity index (χ4v) is 3.70. The van der Waals surface area contributed by atoms with Crippen LogP contribution in [0.3, 0.4) is 0 Å². The maximum absolute atomic E-state index is 12.1. The quantitative estimate of drug-likeness (QED) is 0.492. The van der Waals surface area contributed by atoms with Crippen molar-refractivity contribution in [1.29, 1.82) is 0 Å². The third kappa shape index (κ3) is 3.90. The second kappa shape index (κ2) is 7.87. The highest BCUT2D eigenvalue weighted by atomic mass is 35.5. The van der Waals surface area contributed by atoms with Crippen molar-refractivity contribution in [2.75, 3.05) is 26.3 Å². The number of carbonyl (C=O) groups is 2. The van der Waals surface area contributed by atoms with Gasteiger partial charge in [-0.1, -0.05) is 23.2 Å². The average molecular weight is 384 g/mol. The van der Waals surface area contributed by atoms with E-state index in [0.29, 0.717) is 36.8 Å². The van der Waals surface area contributed by atoms with Crippen LogP contribution in [0, 0.1) is 0 Å². The lowest BCUT2D eigenvalue weighted by Gasteiger charge is -2.27. The Bertz CT molecular complexity index is 721. The van der Waals surface area contributed by atoms with E-state index >= 15 is 0 Å². The van der Waals surface area contributed by atoms with Crippen LogP contribution in [-0.2, 0) is 20.9 Å². The van der Waals surface area contributed by atoms with Gasteiger partial charge in [-0.25, -0.2) is 0 Å². The molecule has 1 aromatic carbocycles. The van der Waals surface area contributed by atoms with E-state index in [1.807, 2.05) is 0 Å². The number of ketones is 2. The predicted molar refractivity (Wildman–Crippen MR) is 96.0 cm³/mol. The number of nitrogens with zero attached hydrogens (tertiary/aromatic N) is 1. The van der Waals surface area contributed by atoms with Crippen LogP contribution in [0.15, 0.2) is 17.7 Å². The van der Waals surface area contributed by atoms with Gasteiger partial charge in [0.2, 0.25) is 0 Å². The van der Waals surface area contributed by atoms with E-state index in [1.165, 1.54) is 0 Å². The summed E-state index contributed by atoms with van der Waals surface area (Å²) in [5.74, 6) is -1.02. The molecule has 1 heterocycles. The summed E-state index contributed by atoms with van der Waals surface area (Å²) < 4.78 is 5.33. The number of allylic oxidation sites excluding steroid dienone is 1. The number of halogens is 2. The summed E-state index contributed by atoms with van der Waals surface area (Å²) in [5.41, 5.74) is 0.798. The van der Waals surface area contributed by atoms with Crippen LogP contribution in [0.2, 0.25) is 10.0 Å². The Kier molecular flexibility index (Phi) is 5.79. The van der Waals surface area contributed by atoms with Crippen LogP contribution in [0.25, 0.3) is 5.76 Å². The lowest BCUT2D eigenvalue weighted by Crippen LogP contribution is -2.35. The third-order valence-corrected chi connectivity index (χ3v) is 5.31. The maximum Gasteiger partial charge on any atom is 0.170 e. The molecule has 0 aromatic heterocycles. The molecule has 7 heteroatoms. The molecule has 1 saturated heterocycles. The molecule has 0 atom stereocenters. The van der Waals surface area contributed by atoms with Gasteiger partial charge in [-0.15, -0.1) is 0 Å². The van der Waals surface area contributed by atoms with E-state index in [9.17, 15) is 14.7 Å². The van der Waals surface area contributed by atoms with Gasteiger partial charge in [0, 0.05) is 48.6 Å². The fraction of sp³-hybridized carbons (Fsp3) is 0.444. The molecule has 1 N–H and O–H groups in total. The molecule has 0 bridgehead atoms. The number of carbonyl (C=O) groups excluding carboxylic acids is 2. The lowest BCUT2D eigenvalue weighted by molar-refractivity contribution is -0.123. The number of morpholine rings is 1. The maximum atomic E-state index is 12.1. The highest BCUT2D eigenvalue weighted by Crippen LogP contribution is 2.35.